The van der Waals surface area contributed by atoms with Gasteiger partial charge in [0, 0.05) is 11.3 Å². The van der Waals surface area contributed by atoms with Crippen LogP contribution in [0.4, 0.5) is 5.82 Å². The Kier molecular flexibility index (Phi) is 2.52. The Balaban J connectivity index is 2.34. The normalized spacial score (nSPS) is 10.8. The second-order valence-corrected chi connectivity index (χ2v) is 4.34. The van der Waals surface area contributed by atoms with Crippen molar-refractivity contribution in [2.45, 2.75) is 6.92 Å². The van der Waals surface area contributed by atoms with Crippen molar-refractivity contribution in [3.8, 4) is 11.4 Å². The van der Waals surface area contributed by atoms with E-state index in [0.717, 1.165) is 11.3 Å². The summed E-state index contributed by atoms with van der Waals surface area (Å²) in [5, 5.41) is 0.338. The number of rotatable bonds is 1. The number of aromatic amines is 1. The third kappa shape index (κ3) is 1.95. The Morgan fingerprint density at radius 2 is 1.89 bits per heavy atom. The number of pyridine rings is 1. The molecule has 19 heavy (non-hydrogen) atoms. The first-order chi connectivity index (χ1) is 9.15. The predicted octanol–water partition coefficient (Wildman–Crippen LogP) is 1.88. The van der Waals surface area contributed by atoms with Crippen LogP contribution in [-0.4, -0.2) is 15.0 Å². The van der Waals surface area contributed by atoms with E-state index in [0.29, 0.717) is 16.7 Å². The van der Waals surface area contributed by atoms with Crippen molar-refractivity contribution in [2.75, 3.05) is 5.73 Å². The molecule has 5 heteroatoms. The highest BCUT2D eigenvalue weighted by Gasteiger charge is 2.10. The van der Waals surface area contributed by atoms with E-state index >= 15 is 0 Å². The van der Waals surface area contributed by atoms with Crippen LogP contribution in [0, 0.1) is 6.92 Å². The fraction of sp³-hybridized carbons (Fsp3) is 0.0714. The zero-order valence-electron chi connectivity index (χ0n) is 10.3. The number of H-pyrrole nitrogens is 1. The molecule has 0 spiro atoms. The highest BCUT2D eigenvalue weighted by atomic mass is 16.1. The number of hydrogen-bond acceptors (Lipinski definition) is 4. The largest absolute Gasteiger partial charge is 0.383 e. The minimum atomic E-state index is -0.257. The number of nitrogen functional groups attached to an aromatic ring is 1. The van der Waals surface area contributed by atoms with E-state index in [9.17, 15) is 4.79 Å². The number of nitrogens with zero attached hydrogens (tertiary/aromatic N) is 2. The van der Waals surface area contributed by atoms with Gasteiger partial charge in [0.2, 0.25) is 0 Å². The predicted molar refractivity (Wildman–Crippen MR) is 74.7 cm³/mol. The number of hydrogen-bond donors (Lipinski definition) is 2. The van der Waals surface area contributed by atoms with Crippen molar-refractivity contribution in [3.05, 3.63) is 52.4 Å². The van der Waals surface area contributed by atoms with Gasteiger partial charge in [0.25, 0.3) is 5.56 Å². The van der Waals surface area contributed by atoms with E-state index in [1.165, 1.54) is 0 Å². The molecule has 0 amide bonds. The minimum Gasteiger partial charge on any atom is -0.383 e. The molecule has 3 aromatic rings. The topological polar surface area (TPSA) is 84.7 Å². The smallest absolute Gasteiger partial charge is 0.261 e. The standard InChI is InChI=1S/C14H12N4O/c1-8-7-10-11(14(19)16-8)12(15)18-13(17-10)9-5-3-2-4-6-9/h2-7H,1H3,(H,16,19)(H2,15,17,18). The van der Waals surface area contributed by atoms with Crippen LogP contribution in [0.2, 0.25) is 0 Å². The highest BCUT2D eigenvalue weighted by molar-refractivity contribution is 5.88. The highest BCUT2D eigenvalue weighted by Crippen LogP contribution is 2.20. The molecule has 0 bridgehead atoms. The molecule has 0 aliphatic carbocycles. The van der Waals surface area contributed by atoms with E-state index in [1.54, 1.807) is 13.0 Å². The summed E-state index contributed by atoms with van der Waals surface area (Å²) in [6, 6.07) is 11.3. The third-order valence-electron chi connectivity index (χ3n) is 2.89. The quantitative estimate of drug-likeness (QED) is 0.692. The maximum atomic E-state index is 11.9. The fourth-order valence-corrected chi connectivity index (χ4v) is 2.03. The van der Waals surface area contributed by atoms with Gasteiger partial charge in [0.15, 0.2) is 5.82 Å². The van der Waals surface area contributed by atoms with Crippen LogP contribution in [-0.2, 0) is 0 Å². The van der Waals surface area contributed by atoms with E-state index in [-0.39, 0.29) is 11.4 Å². The van der Waals surface area contributed by atoms with Gasteiger partial charge in [-0.3, -0.25) is 4.79 Å². The van der Waals surface area contributed by atoms with Crippen LogP contribution in [0.15, 0.2) is 41.2 Å². The number of nitrogens with one attached hydrogen (secondary N) is 1. The van der Waals surface area contributed by atoms with Gasteiger partial charge >= 0.3 is 0 Å². The van der Waals surface area contributed by atoms with Crippen molar-refractivity contribution < 1.29 is 0 Å². The van der Waals surface area contributed by atoms with Gasteiger partial charge in [-0.25, -0.2) is 9.97 Å². The Morgan fingerprint density at radius 1 is 1.16 bits per heavy atom. The summed E-state index contributed by atoms with van der Waals surface area (Å²) in [4.78, 5) is 23.2. The molecular weight excluding hydrogens is 240 g/mol. The lowest BCUT2D eigenvalue weighted by molar-refractivity contribution is 1.14. The molecule has 5 nitrogen and oxygen atoms in total. The van der Waals surface area contributed by atoms with Gasteiger partial charge in [0.05, 0.1) is 5.52 Å². The molecule has 94 valence electrons. The first kappa shape index (κ1) is 11.4. The maximum absolute atomic E-state index is 11.9. The molecule has 2 heterocycles. The van der Waals surface area contributed by atoms with Crippen molar-refractivity contribution in [3.63, 3.8) is 0 Å². The van der Waals surface area contributed by atoms with Crippen LogP contribution < -0.4 is 11.3 Å². The zero-order valence-corrected chi connectivity index (χ0v) is 10.3. The Labute approximate surface area is 109 Å². The molecule has 1 aromatic carbocycles. The van der Waals surface area contributed by atoms with E-state index in [4.69, 9.17) is 5.73 Å². The van der Waals surface area contributed by atoms with Crippen molar-refractivity contribution in [1.82, 2.24) is 15.0 Å². The lowest BCUT2D eigenvalue weighted by Crippen LogP contribution is -2.12. The fourth-order valence-electron chi connectivity index (χ4n) is 2.03. The molecule has 0 radical (unpaired) electrons. The second-order valence-electron chi connectivity index (χ2n) is 4.34. The summed E-state index contributed by atoms with van der Waals surface area (Å²) in [5.41, 5.74) is 7.79. The Morgan fingerprint density at radius 3 is 2.63 bits per heavy atom. The van der Waals surface area contributed by atoms with Crippen LogP contribution in [0.1, 0.15) is 5.69 Å². The Hall–Kier alpha value is -2.69. The van der Waals surface area contributed by atoms with E-state index < -0.39 is 0 Å². The monoisotopic (exact) mass is 252 g/mol. The molecule has 2 aromatic heterocycles. The van der Waals surface area contributed by atoms with Gasteiger partial charge < -0.3 is 10.7 Å². The van der Waals surface area contributed by atoms with E-state index in [2.05, 4.69) is 15.0 Å². The summed E-state index contributed by atoms with van der Waals surface area (Å²) in [6.45, 7) is 1.81. The molecule has 0 fully saturated rings. The number of anilines is 1. The molecule has 0 atom stereocenters. The number of fused-ring (bicyclic) bond motifs is 1. The zero-order chi connectivity index (χ0) is 13.4. The molecule has 3 rings (SSSR count). The van der Waals surface area contributed by atoms with Gasteiger partial charge in [0.1, 0.15) is 11.2 Å². The molecular formula is C14H12N4O. The molecule has 0 unspecified atom stereocenters. The van der Waals surface area contributed by atoms with Gasteiger partial charge in [-0.05, 0) is 13.0 Å². The number of aryl methyl sites for hydroxylation is 1. The Bertz CT molecular complexity index is 809. The van der Waals surface area contributed by atoms with Crippen molar-refractivity contribution >= 4 is 16.7 Å². The maximum Gasteiger partial charge on any atom is 0.261 e. The molecule has 0 aliphatic rings. The third-order valence-corrected chi connectivity index (χ3v) is 2.89. The first-order valence-electron chi connectivity index (χ1n) is 5.88. The molecule has 0 saturated carbocycles. The van der Waals surface area contributed by atoms with Crippen LogP contribution in [0.25, 0.3) is 22.3 Å². The van der Waals surface area contributed by atoms with Crippen molar-refractivity contribution in [1.29, 1.82) is 0 Å². The van der Waals surface area contributed by atoms with Crippen LogP contribution in [0.3, 0.4) is 0 Å². The molecule has 0 saturated heterocycles. The summed E-state index contributed by atoms with van der Waals surface area (Å²) in [5.74, 6) is 0.723. The summed E-state index contributed by atoms with van der Waals surface area (Å²) < 4.78 is 0. The average molecular weight is 252 g/mol. The summed E-state index contributed by atoms with van der Waals surface area (Å²) in [6.07, 6.45) is 0. The van der Waals surface area contributed by atoms with Gasteiger partial charge in [-0.1, -0.05) is 30.3 Å². The number of benzene rings is 1. The van der Waals surface area contributed by atoms with Gasteiger partial charge in [-0.15, -0.1) is 0 Å². The SMILES string of the molecule is Cc1cc2nc(-c3ccccc3)nc(N)c2c(=O)[nH]1. The lowest BCUT2D eigenvalue weighted by atomic mass is 10.2. The first-order valence-corrected chi connectivity index (χ1v) is 5.88. The van der Waals surface area contributed by atoms with Crippen molar-refractivity contribution in [2.24, 2.45) is 0 Å². The summed E-state index contributed by atoms with van der Waals surface area (Å²) in [7, 11) is 0. The van der Waals surface area contributed by atoms with E-state index in [1.807, 2.05) is 30.3 Å². The van der Waals surface area contributed by atoms with Gasteiger partial charge in [-0.2, -0.15) is 0 Å². The molecule has 0 aliphatic heterocycles. The molecule has 3 N–H and O–H groups in total. The minimum absolute atomic E-state index is 0.199. The second kappa shape index (κ2) is 4.20. The van der Waals surface area contributed by atoms with Crippen LogP contribution >= 0.6 is 0 Å². The lowest BCUT2D eigenvalue weighted by Gasteiger charge is -2.05. The van der Waals surface area contributed by atoms with Crippen LogP contribution in [0.5, 0.6) is 0 Å². The summed E-state index contributed by atoms with van der Waals surface area (Å²) >= 11 is 0. The number of aromatic nitrogens is 3. The average Bonchev–Trinajstić information content (AvgIpc) is 2.38. The number of nitrogens with two attached hydrogens (primary N) is 1.